The molecule has 0 fully saturated rings. The van der Waals surface area contributed by atoms with Gasteiger partial charge in [0.2, 0.25) is 0 Å². The number of carbonyl (C=O) groups is 2. The number of alkyl halides is 3. The highest BCUT2D eigenvalue weighted by Gasteiger charge is 2.32. The highest BCUT2D eigenvalue weighted by molar-refractivity contribution is 5.97. The van der Waals surface area contributed by atoms with Crippen LogP contribution in [0.2, 0.25) is 0 Å². The van der Waals surface area contributed by atoms with E-state index in [1.165, 1.54) is 64.7 Å². The molecule has 1 amide bonds. The van der Waals surface area contributed by atoms with Crippen LogP contribution < -0.4 is 5.32 Å². The van der Waals surface area contributed by atoms with Crippen molar-refractivity contribution in [3.05, 3.63) is 35.1 Å². The van der Waals surface area contributed by atoms with Gasteiger partial charge in [0.25, 0.3) is 5.91 Å². The predicted molar refractivity (Wildman–Crippen MR) is 125 cm³/mol. The molecule has 0 saturated carbocycles. The van der Waals surface area contributed by atoms with Crippen LogP contribution in [0.5, 0.6) is 0 Å². The molecule has 34 heavy (non-hydrogen) atoms. The number of hydrogen-bond acceptors (Lipinski definition) is 3. The molecule has 1 unspecified atom stereocenters. The molecule has 0 aromatic heterocycles. The van der Waals surface area contributed by atoms with Gasteiger partial charge < -0.3 is 10.1 Å². The Kier molecular flexibility index (Phi) is 14.5. The summed E-state index contributed by atoms with van der Waals surface area (Å²) in [5, 5.41) is 2.19. The summed E-state index contributed by atoms with van der Waals surface area (Å²) >= 11 is 0. The van der Waals surface area contributed by atoms with Gasteiger partial charge in [0.15, 0.2) is 0 Å². The van der Waals surface area contributed by atoms with E-state index in [1.807, 2.05) is 0 Å². The number of ether oxygens (including phenoxy) is 1. The van der Waals surface area contributed by atoms with Crippen molar-refractivity contribution in [1.29, 1.82) is 0 Å². The first-order valence-electron chi connectivity index (χ1n) is 12.5. The number of hydrogen-bond donors (Lipinski definition) is 1. The quantitative estimate of drug-likeness (QED) is 0.139. The Hall–Kier alpha value is -2.12. The molecule has 8 heteroatoms. The number of amides is 1. The molecule has 0 bridgehead atoms. The lowest BCUT2D eigenvalue weighted by Crippen LogP contribution is -2.40. The summed E-state index contributed by atoms with van der Waals surface area (Å²) in [5.74, 6) is -2.91. The van der Waals surface area contributed by atoms with E-state index >= 15 is 0 Å². The molecule has 0 saturated heterocycles. The lowest BCUT2D eigenvalue weighted by Gasteiger charge is -2.15. The van der Waals surface area contributed by atoms with Gasteiger partial charge in [-0.1, -0.05) is 84.0 Å². The summed E-state index contributed by atoms with van der Waals surface area (Å²) in [6.45, 7) is 3.77. The molecule has 1 aromatic carbocycles. The van der Waals surface area contributed by atoms with Crippen LogP contribution in [0.15, 0.2) is 18.2 Å². The van der Waals surface area contributed by atoms with Gasteiger partial charge in [-0.2, -0.15) is 13.2 Å². The Labute approximate surface area is 200 Å². The summed E-state index contributed by atoms with van der Waals surface area (Å²) in [6, 6.07) is 0.453. The maximum atomic E-state index is 13.8. The largest absolute Gasteiger partial charge is 0.464 e. The minimum atomic E-state index is -4.71. The monoisotopic (exact) mass is 489 g/mol. The minimum absolute atomic E-state index is 0.203. The fourth-order valence-corrected chi connectivity index (χ4v) is 3.63. The van der Waals surface area contributed by atoms with Crippen LogP contribution >= 0.6 is 0 Å². The molecule has 0 aliphatic rings. The van der Waals surface area contributed by atoms with Crippen LogP contribution in [0.4, 0.5) is 17.6 Å². The number of benzene rings is 1. The van der Waals surface area contributed by atoms with Crippen LogP contribution in [-0.2, 0) is 15.7 Å². The van der Waals surface area contributed by atoms with Crippen molar-refractivity contribution in [2.24, 2.45) is 0 Å². The van der Waals surface area contributed by atoms with Crippen molar-refractivity contribution in [3.63, 3.8) is 0 Å². The van der Waals surface area contributed by atoms with Gasteiger partial charge in [-0.05, 0) is 31.5 Å². The lowest BCUT2D eigenvalue weighted by molar-refractivity contribution is -0.145. The molecule has 1 rings (SSSR count). The highest BCUT2D eigenvalue weighted by atomic mass is 19.4. The van der Waals surface area contributed by atoms with E-state index in [2.05, 4.69) is 12.2 Å². The summed E-state index contributed by atoms with van der Waals surface area (Å²) in [6.07, 6.45) is 10.9. The fraction of sp³-hybridized carbons (Fsp3) is 0.692. The normalized spacial score (nSPS) is 12.4. The first-order chi connectivity index (χ1) is 16.2. The van der Waals surface area contributed by atoms with E-state index < -0.39 is 41.0 Å². The number of esters is 1. The third-order valence-corrected chi connectivity index (χ3v) is 5.73. The van der Waals surface area contributed by atoms with Crippen molar-refractivity contribution in [2.45, 2.75) is 110 Å². The Morgan fingerprint density at radius 2 is 1.38 bits per heavy atom. The average Bonchev–Trinajstić information content (AvgIpc) is 2.78. The summed E-state index contributed by atoms with van der Waals surface area (Å²) in [4.78, 5) is 24.2. The third kappa shape index (κ3) is 12.4. The second-order valence-electron chi connectivity index (χ2n) is 8.80. The standard InChI is InChI=1S/C26H39F4NO3/c1-3-4-5-6-7-8-9-10-11-12-13-14-15-18-34-25(33)20(2)31-24(32)22-19-21(26(28,29)30)16-17-23(22)27/h16-17,19-20H,3-15,18H2,1-2H3,(H,31,32). The third-order valence-electron chi connectivity index (χ3n) is 5.73. The molecular formula is C26H39F4NO3. The van der Waals surface area contributed by atoms with E-state index in [0.717, 1.165) is 19.3 Å². The Morgan fingerprint density at radius 1 is 0.882 bits per heavy atom. The van der Waals surface area contributed by atoms with Gasteiger partial charge in [-0.3, -0.25) is 4.79 Å². The topological polar surface area (TPSA) is 55.4 Å². The van der Waals surface area contributed by atoms with Crippen molar-refractivity contribution in [1.82, 2.24) is 5.32 Å². The predicted octanol–water partition coefficient (Wildman–Crippen LogP) is 7.60. The minimum Gasteiger partial charge on any atom is -0.464 e. The molecule has 1 atom stereocenters. The SMILES string of the molecule is CCCCCCCCCCCCCCCOC(=O)C(C)NC(=O)c1cc(C(F)(F)F)ccc1F. The van der Waals surface area contributed by atoms with E-state index in [0.29, 0.717) is 24.6 Å². The molecule has 1 N–H and O–H groups in total. The molecule has 0 aliphatic heterocycles. The lowest BCUT2D eigenvalue weighted by atomic mass is 10.0. The van der Waals surface area contributed by atoms with Gasteiger partial charge in [0.1, 0.15) is 11.9 Å². The van der Waals surface area contributed by atoms with E-state index in [1.54, 1.807) is 0 Å². The number of rotatable bonds is 17. The first kappa shape index (κ1) is 29.9. The fourth-order valence-electron chi connectivity index (χ4n) is 3.63. The van der Waals surface area contributed by atoms with Crippen LogP contribution in [0.1, 0.15) is 113 Å². The number of halogens is 4. The second-order valence-corrected chi connectivity index (χ2v) is 8.80. The van der Waals surface area contributed by atoms with Gasteiger partial charge in [-0.25, -0.2) is 9.18 Å². The highest BCUT2D eigenvalue weighted by Crippen LogP contribution is 2.30. The Bertz CT molecular complexity index is 737. The van der Waals surface area contributed by atoms with Crippen LogP contribution in [0.25, 0.3) is 0 Å². The molecule has 4 nitrogen and oxygen atoms in total. The van der Waals surface area contributed by atoms with Crippen molar-refractivity contribution in [2.75, 3.05) is 6.61 Å². The van der Waals surface area contributed by atoms with E-state index in [-0.39, 0.29) is 6.61 Å². The molecule has 1 aromatic rings. The van der Waals surface area contributed by atoms with Gasteiger partial charge in [0, 0.05) is 0 Å². The molecule has 0 heterocycles. The summed E-state index contributed by atoms with van der Waals surface area (Å²) in [5.41, 5.74) is -1.91. The van der Waals surface area contributed by atoms with Gasteiger partial charge in [-0.15, -0.1) is 0 Å². The van der Waals surface area contributed by atoms with Crippen LogP contribution in [-0.4, -0.2) is 24.5 Å². The average molecular weight is 490 g/mol. The second kappa shape index (κ2) is 16.5. The number of nitrogens with one attached hydrogen (secondary N) is 1. The molecule has 0 aliphatic carbocycles. The molecule has 0 spiro atoms. The Morgan fingerprint density at radius 3 is 1.88 bits per heavy atom. The van der Waals surface area contributed by atoms with E-state index in [9.17, 15) is 27.2 Å². The zero-order chi connectivity index (χ0) is 25.4. The molecular weight excluding hydrogens is 450 g/mol. The number of unbranched alkanes of at least 4 members (excludes halogenated alkanes) is 12. The van der Waals surface area contributed by atoms with Crippen LogP contribution in [0.3, 0.4) is 0 Å². The summed E-state index contributed by atoms with van der Waals surface area (Å²) in [7, 11) is 0. The van der Waals surface area contributed by atoms with Crippen molar-refractivity contribution < 1.29 is 31.9 Å². The van der Waals surface area contributed by atoms with Crippen molar-refractivity contribution in [3.8, 4) is 0 Å². The number of carbonyl (C=O) groups excluding carboxylic acids is 2. The van der Waals surface area contributed by atoms with Gasteiger partial charge >= 0.3 is 12.1 Å². The maximum Gasteiger partial charge on any atom is 0.416 e. The Balaban J connectivity index is 2.16. The maximum absolute atomic E-state index is 13.8. The van der Waals surface area contributed by atoms with Crippen LogP contribution in [0, 0.1) is 5.82 Å². The zero-order valence-electron chi connectivity index (χ0n) is 20.4. The smallest absolute Gasteiger partial charge is 0.416 e. The molecule has 194 valence electrons. The van der Waals surface area contributed by atoms with Gasteiger partial charge in [0.05, 0.1) is 17.7 Å². The van der Waals surface area contributed by atoms with E-state index in [4.69, 9.17) is 4.74 Å². The molecule has 0 radical (unpaired) electrons. The first-order valence-corrected chi connectivity index (χ1v) is 12.5. The summed E-state index contributed by atoms with van der Waals surface area (Å²) < 4.78 is 57.3. The van der Waals surface area contributed by atoms with Crippen molar-refractivity contribution >= 4 is 11.9 Å². The zero-order valence-corrected chi connectivity index (χ0v) is 20.4.